The van der Waals surface area contributed by atoms with Crippen molar-refractivity contribution in [1.82, 2.24) is 0 Å². The third-order valence-electron chi connectivity index (χ3n) is 12.3. The van der Waals surface area contributed by atoms with Gasteiger partial charge in [0.25, 0.3) is 0 Å². The molecule has 8 nitrogen and oxygen atoms in total. The van der Waals surface area contributed by atoms with Crippen LogP contribution in [-0.2, 0) is 28.5 Å². The van der Waals surface area contributed by atoms with Gasteiger partial charge in [-0.15, -0.1) is 0 Å². The summed E-state index contributed by atoms with van der Waals surface area (Å²) in [5.41, 5.74) is -3.38. The van der Waals surface area contributed by atoms with Crippen molar-refractivity contribution in [1.29, 1.82) is 0 Å². The highest BCUT2D eigenvalue weighted by Crippen LogP contribution is 2.83. The Morgan fingerprint density at radius 1 is 1.11 bits per heavy atom. The lowest BCUT2D eigenvalue weighted by molar-refractivity contribution is -0.273. The minimum atomic E-state index is -1.02. The molecule has 0 radical (unpaired) electrons. The van der Waals surface area contributed by atoms with E-state index in [-0.39, 0.29) is 35.4 Å². The number of carbonyl (C=O) groups is 2. The minimum absolute atomic E-state index is 0.00897. The molecule has 3 aliphatic heterocycles. The van der Waals surface area contributed by atoms with Crippen molar-refractivity contribution in [3.8, 4) is 0 Å². The Morgan fingerprint density at radius 3 is 2.47 bits per heavy atom. The number of epoxide rings is 2. The summed E-state index contributed by atoms with van der Waals surface area (Å²) in [7, 11) is 0. The zero-order chi connectivity index (χ0) is 25.8. The van der Waals surface area contributed by atoms with Crippen molar-refractivity contribution < 1.29 is 38.7 Å². The third kappa shape index (κ3) is 2.29. The number of allylic oxidation sites excluding steroid dienone is 2. The highest BCUT2D eigenvalue weighted by Gasteiger charge is 2.91. The Balaban J connectivity index is 1.38. The fourth-order valence-electron chi connectivity index (χ4n) is 11.0. The Morgan fingerprint density at radius 2 is 1.83 bits per heavy atom. The van der Waals surface area contributed by atoms with Crippen molar-refractivity contribution in [3.05, 3.63) is 12.2 Å². The van der Waals surface area contributed by atoms with Crippen LogP contribution < -0.4 is 0 Å². The summed E-state index contributed by atoms with van der Waals surface area (Å²) in [5.74, 6) is -0.685. The number of hydrogen-bond donors (Lipinski definition) is 2. The molecule has 3 saturated carbocycles. The van der Waals surface area contributed by atoms with Gasteiger partial charge in [-0.3, -0.25) is 9.59 Å². The molecule has 13 atom stereocenters. The lowest BCUT2D eigenvalue weighted by atomic mass is 9.36. The molecule has 6 fully saturated rings. The number of aliphatic hydroxyl groups excluding tert-OH is 2. The molecule has 0 aromatic heterocycles. The molecule has 7 aliphatic rings. The van der Waals surface area contributed by atoms with E-state index in [4.69, 9.17) is 18.9 Å². The van der Waals surface area contributed by atoms with E-state index in [1.165, 1.54) is 6.92 Å². The second-order valence-electron chi connectivity index (χ2n) is 13.9. The summed E-state index contributed by atoms with van der Waals surface area (Å²) in [6.07, 6.45) is 3.61. The Kier molecular flexibility index (Phi) is 4.26. The number of carbonyl (C=O) groups excluding carboxylic acids is 2. The van der Waals surface area contributed by atoms with Crippen LogP contribution in [0.15, 0.2) is 12.2 Å². The van der Waals surface area contributed by atoms with Gasteiger partial charge in [-0.2, -0.15) is 0 Å². The van der Waals surface area contributed by atoms with Crippen molar-refractivity contribution in [2.75, 3.05) is 0 Å². The Labute approximate surface area is 211 Å². The van der Waals surface area contributed by atoms with E-state index in [1.54, 1.807) is 6.08 Å². The van der Waals surface area contributed by atoms with E-state index in [9.17, 15) is 19.8 Å². The van der Waals surface area contributed by atoms with Gasteiger partial charge in [0.1, 0.15) is 17.3 Å². The monoisotopic (exact) mass is 502 g/mol. The van der Waals surface area contributed by atoms with E-state index in [1.807, 2.05) is 19.9 Å². The molecular formula is C28H38O8. The second kappa shape index (κ2) is 6.45. The summed E-state index contributed by atoms with van der Waals surface area (Å²) in [4.78, 5) is 25.5. The van der Waals surface area contributed by atoms with Crippen LogP contribution in [0.2, 0.25) is 0 Å². The molecule has 36 heavy (non-hydrogen) atoms. The van der Waals surface area contributed by atoms with Crippen LogP contribution in [0.5, 0.6) is 0 Å². The highest BCUT2D eigenvalue weighted by molar-refractivity contribution is 5.96. The topological polar surface area (TPSA) is 118 Å². The van der Waals surface area contributed by atoms with Crippen molar-refractivity contribution >= 4 is 11.8 Å². The van der Waals surface area contributed by atoms with Gasteiger partial charge >= 0.3 is 5.97 Å². The Hall–Kier alpha value is -1.32. The van der Waals surface area contributed by atoms with Gasteiger partial charge < -0.3 is 29.2 Å². The number of hydrogen-bond acceptors (Lipinski definition) is 8. The predicted octanol–water partition coefficient (Wildman–Crippen LogP) is 2.49. The molecule has 3 unspecified atom stereocenters. The van der Waals surface area contributed by atoms with E-state index in [0.29, 0.717) is 6.42 Å². The number of aliphatic hydroxyl groups is 2. The average molecular weight is 503 g/mol. The summed E-state index contributed by atoms with van der Waals surface area (Å²) < 4.78 is 24.4. The summed E-state index contributed by atoms with van der Waals surface area (Å²) in [5, 5.41) is 22.2. The first kappa shape index (κ1) is 23.8. The number of ether oxygens (including phenoxy) is 4. The standard InChI is InChI=1S/C28H38O8/c1-13(29)33-21-19(32)20-23(2,3)16(30)8-9-24(20,4)14-7-10-25(5)15(27-12-18(31)34-22(27)36-27)11-17-28(25,35-17)26(14,21)6/h8-9,14-15,17-22,31-32H,7,10-12H2,1-6H3/t14-,15-,17+,18?,19-,20+,21-,22?,24-,25+,26+,27?,28+/m1/s1. The van der Waals surface area contributed by atoms with E-state index < -0.39 is 57.8 Å². The van der Waals surface area contributed by atoms with E-state index >= 15 is 0 Å². The molecule has 0 amide bonds. The van der Waals surface area contributed by atoms with E-state index in [2.05, 4.69) is 20.8 Å². The van der Waals surface area contributed by atoms with E-state index in [0.717, 1.165) is 19.3 Å². The van der Waals surface area contributed by atoms with Gasteiger partial charge in [-0.05, 0) is 36.7 Å². The Bertz CT molecular complexity index is 1100. The van der Waals surface area contributed by atoms with Gasteiger partial charge in [0.05, 0.1) is 12.2 Å². The van der Waals surface area contributed by atoms with Gasteiger partial charge in [0, 0.05) is 41.4 Å². The summed E-state index contributed by atoms with van der Waals surface area (Å²) in [6, 6.07) is 0. The largest absolute Gasteiger partial charge is 0.459 e. The molecule has 3 heterocycles. The number of esters is 1. The zero-order valence-electron chi connectivity index (χ0n) is 21.9. The molecule has 2 N–H and O–H groups in total. The van der Waals surface area contributed by atoms with Crippen molar-refractivity contribution in [2.45, 2.75) is 109 Å². The first-order valence-electron chi connectivity index (χ1n) is 13.5. The van der Waals surface area contributed by atoms with Gasteiger partial charge in [0.2, 0.25) is 0 Å². The zero-order valence-corrected chi connectivity index (χ0v) is 21.9. The minimum Gasteiger partial charge on any atom is -0.459 e. The van der Waals surface area contributed by atoms with Crippen LogP contribution in [0.1, 0.15) is 67.2 Å². The third-order valence-corrected chi connectivity index (χ3v) is 12.3. The molecular weight excluding hydrogens is 464 g/mol. The maximum Gasteiger partial charge on any atom is 0.303 e. The van der Waals surface area contributed by atoms with Crippen LogP contribution >= 0.6 is 0 Å². The van der Waals surface area contributed by atoms with Crippen LogP contribution in [0.3, 0.4) is 0 Å². The molecule has 3 saturated heterocycles. The molecule has 1 spiro atoms. The molecule has 0 aromatic rings. The number of ketones is 1. The number of fused-ring (bicyclic) bond motifs is 4. The van der Waals surface area contributed by atoms with Crippen LogP contribution in [0, 0.1) is 39.4 Å². The smallest absolute Gasteiger partial charge is 0.303 e. The van der Waals surface area contributed by atoms with Crippen molar-refractivity contribution in [3.63, 3.8) is 0 Å². The van der Waals surface area contributed by atoms with Crippen LogP contribution in [-0.4, -0.2) is 64.1 Å². The van der Waals surface area contributed by atoms with Crippen molar-refractivity contribution in [2.24, 2.45) is 39.4 Å². The van der Waals surface area contributed by atoms with Crippen LogP contribution in [0.25, 0.3) is 0 Å². The number of rotatable bonds is 2. The second-order valence-corrected chi connectivity index (χ2v) is 13.9. The molecule has 7 rings (SSSR count). The lowest BCUT2D eigenvalue weighted by Crippen LogP contribution is -2.75. The first-order valence-corrected chi connectivity index (χ1v) is 13.5. The normalized spacial score (nSPS) is 61.4. The fraction of sp³-hybridized carbons (Fsp3) is 0.857. The van der Waals surface area contributed by atoms with Gasteiger partial charge in [-0.1, -0.05) is 40.7 Å². The molecule has 0 aromatic carbocycles. The molecule has 4 aliphatic carbocycles. The van der Waals surface area contributed by atoms with Crippen LogP contribution in [0.4, 0.5) is 0 Å². The average Bonchev–Trinajstić information content (AvgIpc) is 3.62. The maximum absolute atomic E-state index is 13.0. The van der Waals surface area contributed by atoms with Gasteiger partial charge in [-0.25, -0.2) is 0 Å². The molecule has 198 valence electrons. The fourth-order valence-corrected chi connectivity index (χ4v) is 11.0. The summed E-state index contributed by atoms with van der Waals surface area (Å²) >= 11 is 0. The quantitative estimate of drug-likeness (QED) is 0.437. The maximum atomic E-state index is 13.0. The van der Waals surface area contributed by atoms with Gasteiger partial charge in [0.15, 0.2) is 18.4 Å². The lowest BCUT2D eigenvalue weighted by Gasteiger charge is -2.69. The summed E-state index contributed by atoms with van der Waals surface area (Å²) in [6.45, 7) is 11.8. The molecule has 0 bridgehead atoms. The predicted molar refractivity (Wildman–Crippen MR) is 125 cm³/mol. The first-order chi connectivity index (χ1) is 16.7. The SMILES string of the molecule is CC(=O)O[C@@H]1[C@H](O)[C@H]2C(C)(C)C(=O)C=C[C@]2(C)[C@H]2CC[C@@]3(C)[C@H](C45CC(O)OC4O5)C[C@@H]4O[C@@]43[C@]12C. The molecule has 8 heteroatoms. The highest BCUT2D eigenvalue weighted by atomic mass is 16.8.